The van der Waals surface area contributed by atoms with E-state index >= 15 is 0 Å². The van der Waals surface area contributed by atoms with Gasteiger partial charge in [0.25, 0.3) is 0 Å². The van der Waals surface area contributed by atoms with Crippen LogP contribution in [0.25, 0.3) is 0 Å². The zero-order valence-electron chi connectivity index (χ0n) is 11.9. The van der Waals surface area contributed by atoms with Gasteiger partial charge in [0.05, 0.1) is 13.2 Å². The van der Waals surface area contributed by atoms with Crippen molar-refractivity contribution in [2.45, 2.75) is 45.4 Å². The number of nitrogens with zero attached hydrogens (tertiary/aromatic N) is 1. The van der Waals surface area contributed by atoms with Gasteiger partial charge in [0.15, 0.2) is 0 Å². The molecule has 1 aliphatic rings. The zero-order valence-corrected chi connectivity index (χ0v) is 12.8. The number of likely N-dealkylation sites (tertiary alicyclic amines) is 1. The van der Waals surface area contributed by atoms with E-state index in [1.165, 1.54) is 19.3 Å². The summed E-state index contributed by atoms with van der Waals surface area (Å²) in [6, 6.07) is 0. The van der Waals surface area contributed by atoms with Crippen LogP contribution >= 0.6 is 7.60 Å². The number of hydrogen-bond acceptors (Lipinski definition) is 4. The van der Waals surface area contributed by atoms with Crippen molar-refractivity contribution in [1.82, 2.24) is 4.90 Å². The van der Waals surface area contributed by atoms with E-state index in [-0.39, 0.29) is 0 Å². The van der Waals surface area contributed by atoms with Crippen LogP contribution in [0.15, 0.2) is 0 Å². The molecule has 0 unspecified atom stereocenters. The molecule has 108 valence electrons. The molecule has 18 heavy (non-hydrogen) atoms. The van der Waals surface area contributed by atoms with Crippen LogP contribution in [0.2, 0.25) is 0 Å². The maximum atomic E-state index is 12.0. The van der Waals surface area contributed by atoms with E-state index in [4.69, 9.17) is 9.05 Å². The highest BCUT2D eigenvalue weighted by Gasteiger charge is 2.17. The van der Waals surface area contributed by atoms with Gasteiger partial charge in [0.1, 0.15) is 0 Å². The van der Waals surface area contributed by atoms with Gasteiger partial charge in [-0.3, -0.25) is 4.57 Å². The standard InChI is InChI=1S/C13H28NO3P/c1-3-4-8-12-16-18(2,15)17-13-11-14-9-6-5-7-10-14/h3-13H2,1-2H3/t18-/m0/s1. The van der Waals surface area contributed by atoms with Crippen molar-refractivity contribution >= 4 is 7.60 Å². The normalized spacial score (nSPS) is 20.8. The molecule has 0 spiro atoms. The average molecular weight is 277 g/mol. The molecule has 0 radical (unpaired) electrons. The molecule has 0 aromatic rings. The first-order valence-electron chi connectivity index (χ1n) is 7.23. The van der Waals surface area contributed by atoms with Gasteiger partial charge in [-0.05, 0) is 32.4 Å². The van der Waals surface area contributed by atoms with Crippen molar-refractivity contribution in [3.63, 3.8) is 0 Å². The molecule has 5 heteroatoms. The van der Waals surface area contributed by atoms with Crippen LogP contribution in [-0.4, -0.2) is 44.4 Å². The molecular formula is C13H28NO3P. The Morgan fingerprint density at radius 1 is 1.06 bits per heavy atom. The second-order valence-corrected chi connectivity index (χ2v) is 7.11. The third-order valence-electron chi connectivity index (χ3n) is 3.26. The molecule has 0 aromatic carbocycles. The Bertz CT molecular complexity index is 255. The van der Waals surface area contributed by atoms with E-state index in [0.717, 1.165) is 38.9 Å². The summed E-state index contributed by atoms with van der Waals surface area (Å²) in [4.78, 5) is 2.38. The van der Waals surface area contributed by atoms with Gasteiger partial charge >= 0.3 is 7.60 Å². The molecule has 0 N–H and O–H groups in total. The van der Waals surface area contributed by atoms with Crippen LogP contribution in [0.3, 0.4) is 0 Å². The SMILES string of the molecule is CCCCCO[P@](C)(=O)OCCN1CCCCC1. The number of rotatable bonds is 9. The van der Waals surface area contributed by atoms with Crippen molar-refractivity contribution in [1.29, 1.82) is 0 Å². The van der Waals surface area contributed by atoms with E-state index in [0.29, 0.717) is 13.2 Å². The van der Waals surface area contributed by atoms with E-state index in [2.05, 4.69) is 11.8 Å². The monoisotopic (exact) mass is 277 g/mol. The van der Waals surface area contributed by atoms with E-state index in [9.17, 15) is 4.57 Å². The summed E-state index contributed by atoms with van der Waals surface area (Å²) in [6.45, 7) is 7.95. The molecule has 1 fully saturated rings. The molecule has 4 nitrogen and oxygen atoms in total. The average Bonchev–Trinajstić information content (AvgIpc) is 2.36. The molecule has 1 heterocycles. The van der Waals surface area contributed by atoms with Crippen molar-refractivity contribution in [3.05, 3.63) is 0 Å². The van der Waals surface area contributed by atoms with E-state index < -0.39 is 7.60 Å². The molecule has 0 aromatic heterocycles. The molecule has 0 amide bonds. The summed E-state index contributed by atoms with van der Waals surface area (Å²) in [5.74, 6) is 0. The number of hydrogen-bond donors (Lipinski definition) is 0. The fourth-order valence-electron chi connectivity index (χ4n) is 2.14. The molecule has 0 aliphatic carbocycles. The van der Waals surface area contributed by atoms with Gasteiger partial charge < -0.3 is 13.9 Å². The van der Waals surface area contributed by atoms with Crippen LogP contribution in [0, 0.1) is 0 Å². The van der Waals surface area contributed by atoms with Gasteiger partial charge in [0, 0.05) is 13.2 Å². The molecule has 0 bridgehead atoms. The van der Waals surface area contributed by atoms with Crippen molar-refractivity contribution < 1.29 is 13.6 Å². The molecule has 1 atom stereocenters. The third-order valence-corrected chi connectivity index (χ3v) is 4.56. The third kappa shape index (κ3) is 7.52. The Labute approximate surface area is 112 Å². The minimum Gasteiger partial charge on any atom is -0.309 e. The highest BCUT2D eigenvalue weighted by Crippen LogP contribution is 2.43. The predicted molar refractivity (Wildman–Crippen MR) is 75.3 cm³/mol. The molecule has 1 saturated heterocycles. The maximum Gasteiger partial charge on any atom is 0.327 e. The van der Waals surface area contributed by atoms with Gasteiger partial charge in [-0.1, -0.05) is 26.2 Å². The van der Waals surface area contributed by atoms with E-state index in [1.807, 2.05) is 0 Å². The Morgan fingerprint density at radius 2 is 1.72 bits per heavy atom. The lowest BCUT2D eigenvalue weighted by molar-refractivity contribution is 0.158. The van der Waals surface area contributed by atoms with Crippen LogP contribution < -0.4 is 0 Å². The summed E-state index contributed by atoms with van der Waals surface area (Å²) in [5.41, 5.74) is 0. The largest absolute Gasteiger partial charge is 0.327 e. The van der Waals surface area contributed by atoms with Gasteiger partial charge in [0.2, 0.25) is 0 Å². The molecular weight excluding hydrogens is 249 g/mol. The Morgan fingerprint density at radius 3 is 2.39 bits per heavy atom. The molecule has 0 saturated carbocycles. The minimum atomic E-state index is -2.83. The smallest absolute Gasteiger partial charge is 0.309 e. The van der Waals surface area contributed by atoms with Gasteiger partial charge in [-0.2, -0.15) is 0 Å². The van der Waals surface area contributed by atoms with E-state index in [1.54, 1.807) is 6.66 Å². The Kier molecular flexibility index (Phi) is 8.16. The Balaban J connectivity index is 2.06. The summed E-state index contributed by atoms with van der Waals surface area (Å²) in [7, 11) is -2.83. The fourth-order valence-corrected chi connectivity index (χ4v) is 3.09. The van der Waals surface area contributed by atoms with Crippen molar-refractivity contribution in [2.24, 2.45) is 0 Å². The summed E-state index contributed by atoms with van der Waals surface area (Å²) in [5, 5.41) is 0. The highest BCUT2D eigenvalue weighted by atomic mass is 31.2. The number of piperidine rings is 1. The van der Waals surface area contributed by atoms with Crippen LogP contribution in [0.4, 0.5) is 0 Å². The lowest BCUT2D eigenvalue weighted by atomic mass is 10.1. The van der Waals surface area contributed by atoms with Crippen LogP contribution in [-0.2, 0) is 13.6 Å². The predicted octanol–water partition coefficient (Wildman–Crippen LogP) is 3.52. The quantitative estimate of drug-likeness (QED) is 0.477. The first-order chi connectivity index (χ1) is 8.64. The van der Waals surface area contributed by atoms with Crippen molar-refractivity contribution in [2.75, 3.05) is 39.5 Å². The first kappa shape index (κ1) is 16.2. The molecule has 1 aliphatic heterocycles. The summed E-state index contributed by atoms with van der Waals surface area (Å²) < 4.78 is 22.7. The minimum absolute atomic E-state index is 0.515. The summed E-state index contributed by atoms with van der Waals surface area (Å²) >= 11 is 0. The van der Waals surface area contributed by atoms with Crippen LogP contribution in [0.5, 0.6) is 0 Å². The Hall–Kier alpha value is 0.110. The summed E-state index contributed by atoms with van der Waals surface area (Å²) in [6.07, 6.45) is 7.11. The topological polar surface area (TPSA) is 38.8 Å². The lowest BCUT2D eigenvalue weighted by Gasteiger charge is -2.26. The van der Waals surface area contributed by atoms with Crippen LogP contribution in [0.1, 0.15) is 45.4 Å². The lowest BCUT2D eigenvalue weighted by Crippen LogP contribution is -2.32. The van der Waals surface area contributed by atoms with Gasteiger partial charge in [-0.15, -0.1) is 0 Å². The second-order valence-electron chi connectivity index (χ2n) is 5.05. The highest BCUT2D eigenvalue weighted by molar-refractivity contribution is 7.52. The number of unbranched alkanes of at least 4 members (excludes halogenated alkanes) is 2. The zero-order chi connectivity index (χ0) is 13.3. The second kappa shape index (κ2) is 9.08. The van der Waals surface area contributed by atoms with Crippen molar-refractivity contribution in [3.8, 4) is 0 Å². The first-order valence-corrected chi connectivity index (χ1v) is 9.22. The molecule has 1 rings (SSSR count). The maximum absolute atomic E-state index is 12.0. The van der Waals surface area contributed by atoms with Gasteiger partial charge in [-0.25, -0.2) is 0 Å². The fraction of sp³-hybridized carbons (Fsp3) is 1.00.